The number of rotatable bonds is 4. The smallest absolute Gasteiger partial charge is 0.414 e. The van der Waals surface area contributed by atoms with E-state index in [0.29, 0.717) is 17.9 Å². The van der Waals surface area contributed by atoms with Gasteiger partial charge in [0.25, 0.3) is 0 Å². The maximum atomic E-state index is 12.8. The van der Waals surface area contributed by atoms with Gasteiger partial charge in [0.1, 0.15) is 22.7 Å². The molecule has 0 radical (unpaired) electrons. The minimum atomic E-state index is -0.664. The summed E-state index contributed by atoms with van der Waals surface area (Å²) >= 11 is 0. The summed E-state index contributed by atoms with van der Waals surface area (Å²) in [5.41, 5.74) is -1.62. The first-order valence-electron chi connectivity index (χ1n) is 14.5. The molecule has 14 heteroatoms. The second-order valence-electron chi connectivity index (χ2n) is 13.8. The Morgan fingerprint density at radius 2 is 1.42 bits per heavy atom. The zero-order valence-electron chi connectivity index (χ0n) is 28.5. The van der Waals surface area contributed by atoms with E-state index in [9.17, 15) is 19.2 Å². The van der Waals surface area contributed by atoms with E-state index < -0.39 is 34.5 Å². The van der Waals surface area contributed by atoms with Gasteiger partial charge in [0, 0.05) is 11.6 Å². The Bertz CT molecular complexity index is 1340. The van der Waals surface area contributed by atoms with Crippen LogP contribution in [0, 0.1) is 0 Å². The van der Waals surface area contributed by atoms with Crippen molar-refractivity contribution < 1.29 is 38.1 Å². The van der Waals surface area contributed by atoms with Gasteiger partial charge in [0.05, 0.1) is 44.7 Å². The SMILES string of the molecule is CC1(C)CC(=O)NC(NC(=O)OC(C)(C)C)=N1.COc1ccc(CN2C(=O)CC(C)(C)N=C2NC(=O)OC(C)(C)C)c(OC)c1. The van der Waals surface area contributed by atoms with Crippen LogP contribution >= 0.6 is 0 Å². The molecule has 2 aliphatic heterocycles. The quantitative estimate of drug-likeness (QED) is 0.442. The van der Waals surface area contributed by atoms with Crippen LogP contribution in [0.2, 0.25) is 0 Å². The fourth-order valence-corrected chi connectivity index (χ4v) is 4.18. The standard InChI is InChI=1S/C20H29N3O5.C11H19N3O3/c1-19(2,3)28-18(25)21-17-22-20(4,5)11-16(24)23(17)12-13-8-9-14(26-6)10-15(13)27-7;1-10(2,3)17-9(16)13-8-12-7(15)6-11(4,5)14-8/h8-10H,11-12H2,1-7H3,(H,21,22,25);6H2,1-5H3,(H2,12,13,14,15,16). The Morgan fingerprint density at radius 3 is 1.93 bits per heavy atom. The Balaban J connectivity index is 0.000000355. The molecular formula is C31H48N6O8. The van der Waals surface area contributed by atoms with Gasteiger partial charge in [-0.25, -0.2) is 19.6 Å². The second kappa shape index (κ2) is 14.2. The Morgan fingerprint density at radius 1 is 0.867 bits per heavy atom. The van der Waals surface area contributed by atoms with E-state index in [1.54, 1.807) is 67.9 Å². The lowest BCUT2D eigenvalue weighted by Gasteiger charge is -2.35. The van der Waals surface area contributed by atoms with Gasteiger partial charge in [-0.1, -0.05) is 0 Å². The van der Waals surface area contributed by atoms with Gasteiger partial charge in [0.2, 0.25) is 23.7 Å². The van der Waals surface area contributed by atoms with Crippen molar-refractivity contribution in [1.29, 1.82) is 0 Å². The van der Waals surface area contributed by atoms with Gasteiger partial charge < -0.3 is 18.9 Å². The van der Waals surface area contributed by atoms with Crippen molar-refractivity contribution in [2.24, 2.45) is 9.98 Å². The number of benzene rings is 1. The van der Waals surface area contributed by atoms with Crippen LogP contribution in [0.1, 0.15) is 87.6 Å². The molecule has 4 amide bonds. The van der Waals surface area contributed by atoms with E-state index in [-0.39, 0.29) is 36.7 Å². The summed E-state index contributed by atoms with van der Waals surface area (Å²) in [6.07, 6.45) is -0.769. The molecule has 45 heavy (non-hydrogen) atoms. The van der Waals surface area contributed by atoms with Crippen LogP contribution in [-0.4, -0.2) is 77.3 Å². The van der Waals surface area contributed by atoms with Gasteiger partial charge >= 0.3 is 12.2 Å². The van der Waals surface area contributed by atoms with Crippen molar-refractivity contribution >= 4 is 35.9 Å². The summed E-state index contributed by atoms with van der Waals surface area (Å²) in [5.74, 6) is 1.20. The van der Waals surface area contributed by atoms with Gasteiger partial charge in [-0.15, -0.1) is 0 Å². The molecule has 0 aromatic heterocycles. The lowest BCUT2D eigenvalue weighted by Crippen LogP contribution is -2.53. The molecule has 0 unspecified atom stereocenters. The highest BCUT2D eigenvalue weighted by Gasteiger charge is 2.36. The number of nitrogens with one attached hydrogen (secondary N) is 3. The van der Waals surface area contributed by atoms with Crippen LogP contribution in [0.25, 0.3) is 0 Å². The van der Waals surface area contributed by atoms with Crippen molar-refractivity contribution in [2.75, 3.05) is 14.2 Å². The second-order valence-corrected chi connectivity index (χ2v) is 13.8. The molecule has 3 rings (SSSR count). The topological polar surface area (TPSA) is 169 Å². The summed E-state index contributed by atoms with van der Waals surface area (Å²) in [6.45, 7) is 18.1. The third-order valence-electron chi connectivity index (χ3n) is 5.87. The van der Waals surface area contributed by atoms with Gasteiger partial charge in [-0.05, 0) is 81.4 Å². The van der Waals surface area contributed by atoms with E-state index in [1.807, 2.05) is 33.8 Å². The van der Waals surface area contributed by atoms with Crippen molar-refractivity contribution in [3.8, 4) is 11.5 Å². The summed E-state index contributed by atoms with van der Waals surface area (Å²) in [6, 6.07) is 5.34. The molecule has 250 valence electrons. The summed E-state index contributed by atoms with van der Waals surface area (Å²) in [7, 11) is 3.12. The highest BCUT2D eigenvalue weighted by Crippen LogP contribution is 2.29. The molecule has 1 aromatic carbocycles. The van der Waals surface area contributed by atoms with Crippen LogP contribution in [0.5, 0.6) is 11.5 Å². The molecule has 0 atom stereocenters. The van der Waals surface area contributed by atoms with E-state index in [4.69, 9.17) is 18.9 Å². The van der Waals surface area contributed by atoms with Crippen LogP contribution in [0.4, 0.5) is 9.59 Å². The molecule has 0 fully saturated rings. The predicted molar refractivity (Wildman–Crippen MR) is 169 cm³/mol. The zero-order valence-corrected chi connectivity index (χ0v) is 28.5. The van der Waals surface area contributed by atoms with Crippen LogP contribution in [0.15, 0.2) is 28.2 Å². The number of carbonyl (C=O) groups excluding carboxylic acids is 4. The van der Waals surface area contributed by atoms with Gasteiger partial charge in [0.15, 0.2) is 0 Å². The number of methoxy groups -OCH3 is 2. The number of guanidine groups is 2. The molecule has 0 spiro atoms. The van der Waals surface area contributed by atoms with E-state index in [2.05, 4.69) is 25.9 Å². The number of nitrogens with zero attached hydrogens (tertiary/aromatic N) is 3. The van der Waals surface area contributed by atoms with Crippen LogP contribution < -0.4 is 25.4 Å². The average Bonchev–Trinajstić information content (AvgIpc) is 2.82. The number of alkyl carbamates (subject to hydrolysis) is 2. The molecule has 0 saturated carbocycles. The van der Waals surface area contributed by atoms with Gasteiger partial charge in [-0.3, -0.25) is 30.4 Å². The zero-order chi connectivity index (χ0) is 34.4. The Kier molecular flexibility index (Phi) is 11.6. The normalized spacial score (nSPS) is 17.4. The minimum Gasteiger partial charge on any atom is -0.497 e. The van der Waals surface area contributed by atoms with Crippen molar-refractivity contribution in [3.05, 3.63) is 23.8 Å². The summed E-state index contributed by atoms with van der Waals surface area (Å²) in [5, 5.41) is 7.53. The van der Waals surface area contributed by atoms with Crippen LogP contribution in [-0.2, 0) is 25.6 Å². The highest BCUT2D eigenvalue weighted by atomic mass is 16.6. The lowest BCUT2D eigenvalue weighted by molar-refractivity contribution is -0.129. The van der Waals surface area contributed by atoms with Crippen molar-refractivity contribution in [1.82, 2.24) is 20.9 Å². The largest absolute Gasteiger partial charge is 0.497 e. The van der Waals surface area contributed by atoms with E-state index in [0.717, 1.165) is 5.56 Å². The first-order chi connectivity index (χ1) is 20.5. The maximum absolute atomic E-state index is 12.8. The highest BCUT2D eigenvalue weighted by molar-refractivity contribution is 6.05. The fourth-order valence-electron chi connectivity index (χ4n) is 4.18. The molecule has 1 aromatic rings. The molecule has 2 aliphatic rings. The number of hydrogen-bond acceptors (Lipinski definition) is 10. The summed E-state index contributed by atoms with van der Waals surface area (Å²) < 4.78 is 21.0. The first-order valence-corrected chi connectivity index (χ1v) is 14.5. The molecule has 14 nitrogen and oxygen atoms in total. The average molecular weight is 633 g/mol. The fraction of sp³-hybridized carbons (Fsp3) is 0.613. The molecule has 2 heterocycles. The number of hydrogen-bond donors (Lipinski definition) is 3. The molecule has 0 bridgehead atoms. The first kappa shape index (κ1) is 36.8. The monoisotopic (exact) mass is 632 g/mol. The van der Waals surface area contributed by atoms with Crippen LogP contribution in [0.3, 0.4) is 0 Å². The third kappa shape index (κ3) is 12.6. The van der Waals surface area contributed by atoms with E-state index in [1.165, 1.54) is 4.90 Å². The third-order valence-corrected chi connectivity index (χ3v) is 5.87. The molecule has 0 saturated heterocycles. The molecule has 3 N–H and O–H groups in total. The van der Waals surface area contributed by atoms with Crippen molar-refractivity contribution in [2.45, 2.75) is 111 Å². The Hall–Kier alpha value is -4.36. The predicted octanol–water partition coefficient (Wildman–Crippen LogP) is 4.26. The number of ether oxygens (including phenoxy) is 4. The number of amides is 4. The summed E-state index contributed by atoms with van der Waals surface area (Å²) in [4.78, 5) is 58.1. The molecule has 0 aliphatic carbocycles. The van der Waals surface area contributed by atoms with Crippen molar-refractivity contribution in [3.63, 3.8) is 0 Å². The van der Waals surface area contributed by atoms with E-state index >= 15 is 0 Å². The lowest BCUT2D eigenvalue weighted by atomic mass is 9.99. The van der Waals surface area contributed by atoms with Gasteiger partial charge in [-0.2, -0.15) is 0 Å². The molecular weight excluding hydrogens is 584 g/mol. The minimum absolute atomic E-state index is 0.139. The maximum Gasteiger partial charge on any atom is 0.414 e. The number of carbonyl (C=O) groups is 4. The number of aliphatic imine (C=N–C) groups is 2. The Labute approximate surface area is 265 Å².